The Morgan fingerprint density at radius 1 is 0.720 bits per heavy atom. The Balaban J connectivity index is 2.04. The zero-order chi connectivity index (χ0) is 18.3. The summed E-state index contributed by atoms with van der Waals surface area (Å²) < 4.78 is 0. The molecule has 3 nitrogen and oxygen atoms in total. The molecule has 1 aliphatic heterocycles. The van der Waals surface area contributed by atoms with E-state index in [-0.39, 0.29) is 11.1 Å². The van der Waals surface area contributed by atoms with E-state index in [9.17, 15) is 4.79 Å². The summed E-state index contributed by atoms with van der Waals surface area (Å²) in [5.41, 5.74) is 0.193. The zero-order valence-electron chi connectivity index (χ0n) is 17.3. The molecule has 0 aromatic rings. The van der Waals surface area contributed by atoms with E-state index in [1.807, 2.05) is 0 Å². The molecule has 2 rings (SSSR count). The minimum absolute atomic E-state index is 0.0963. The normalized spacial score (nSPS) is 27.0. The minimum atomic E-state index is 0.0963. The standard InChI is InChI=1S/C22H42N2O/c1-21(2)16-20(17-22(3,4)23-21)24(18-25)19-14-12-10-8-6-5-7-9-11-13-15-19/h18-20,23H,5-17H2,1-4H3. The topological polar surface area (TPSA) is 32.3 Å². The molecule has 25 heavy (non-hydrogen) atoms. The van der Waals surface area contributed by atoms with Crippen LogP contribution in [0.4, 0.5) is 0 Å². The lowest BCUT2D eigenvalue weighted by molar-refractivity contribution is -0.125. The molecule has 0 aromatic heterocycles. The number of carbonyl (C=O) groups is 1. The molecule has 0 bridgehead atoms. The SMILES string of the molecule is CC1(C)CC(N(C=O)C2CCCCCCCCCCC2)CC(C)(C)N1. The summed E-state index contributed by atoms with van der Waals surface area (Å²) >= 11 is 0. The van der Waals surface area contributed by atoms with Crippen LogP contribution in [0, 0.1) is 0 Å². The molecule has 1 saturated carbocycles. The Hall–Kier alpha value is -0.570. The fraction of sp³-hybridized carbons (Fsp3) is 0.955. The van der Waals surface area contributed by atoms with Crippen molar-refractivity contribution in [3.05, 3.63) is 0 Å². The van der Waals surface area contributed by atoms with Crippen LogP contribution in [-0.4, -0.2) is 34.5 Å². The summed E-state index contributed by atoms with van der Waals surface area (Å²) in [6.07, 6.45) is 17.9. The monoisotopic (exact) mass is 350 g/mol. The van der Waals surface area contributed by atoms with Crippen molar-refractivity contribution in [1.82, 2.24) is 10.2 Å². The summed E-state index contributed by atoms with van der Waals surface area (Å²) in [6, 6.07) is 0.827. The molecule has 1 aliphatic carbocycles. The van der Waals surface area contributed by atoms with Crippen LogP contribution in [0.15, 0.2) is 0 Å². The predicted molar refractivity (Wildman–Crippen MR) is 107 cm³/mol. The van der Waals surface area contributed by atoms with E-state index in [4.69, 9.17) is 0 Å². The van der Waals surface area contributed by atoms with Gasteiger partial charge in [0.05, 0.1) is 0 Å². The van der Waals surface area contributed by atoms with Crippen LogP contribution in [0.3, 0.4) is 0 Å². The third kappa shape index (κ3) is 6.92. The van der Waals surface area contributed by atoms with Crippen molar-refractivity contribution in [2.24, 2.45) is 0 Å². The summed E-state index contributed by atoms with van der Waals surface area (Å²) in [5.74, 6) is 0. The summed E-state index contributed by atoms with van der Waals surface area (Å²) in [4.78, 5) is 14.3. The Bertz CT molecular complexity index is 377. The van der Waals surface area contributed by atoms with Crippen molar-refractivity contribution in [2.75, 3.05) is 0 Å². The number of hydrogen-bond acceptors (Lipinski definition) is 2. The highest BCUT2D eigenvalue weighted by Crippen LogP contribution is 2.33. The first-order valence-electron chi connectivity index (χ1n) is 10.9. The first-order valence-corrected chi connectivity index (χ1v) is 10.9. The third-order valence-electron chi connectivity index (χ3n) is 6.21. The van der Waals surface area contributed by atoms with E-state index in [2.05, 4.69) is 37.9 Å². The molecule has 2 aliphatic rings. The highest BCUT2D eigenvalue weighted by Gasteiger charge is 2.41. The second-order valence-electron chi connectivity index (χ2n) is 9.92. The van der Waals surface area contributed by atoms with Gasteiger partial charge in [0.2, 0.25) is 6.41 Å². The first-order chi connectivity index (χ1) is 11.8. The van der Waals surface area contributed by atoms with Crippen LogP contribution < -0.4 is 5.32 Å². The van der Waals surface area contributed by atoms with Crippen LogP contribution >= 0.6 is 0 Å². The highest BCUT2D eigenvalue weighted by atomic mass is 16.1. The first kappa shape index (κ1) is 20.7. The zero-order valence-corrected chi connectivity index (χ0v) is 17.3. The van der Waals surface area contributed by atoms with E-state index in [0.29, 0.717) is 12.1 Å². The van der Waals surface area contributed by atoms with Gasteiger partial charge in [-0.15, -0.1) is 0 Å². The number of piperidine rings is 1. The number of rotatable bonds is 3. The van der Waals surface area contributed by atoms with Gasteiger partial charge in [0.25, 0.3) is 0 Å². The number of amides is 1. The number of carbonyl (C=O) groups excluding carboxylic acids is 1. The molecule has 2 fully saturated rings. The van der Waals surface area contributed by atoms with Gasteiger partial charge >= 0.3 is 0 Å². The quantitative estimate of drug-likeness (QED) is 0.689. The van der Waals surface area contributed by atoms with E-state index < -0.39 is 0 Å². The molecule has 0 spiro atoms. The molecule has 0 unspecified atom stereocenters. The second-order valence-corrected chi connectivity index (χ2v) is 9.92. The number of nitrogens with zero attached hydrogens (tertiary/aromatic N) is 1. The lowest BCUT2D eigenvalue weighted by Gasteiger charge is -2.50. The molecule has 146 valence electrons. The molecular formula is C22H42N2O. The van der Waals surface area contributed by atoms with E-state index in [1.165, 1.54) is 77.0 Å². The summed E-state index contributed by atoms with van der Waals surface area (Å²) in [7, 11) is 0. The van der Waals surface area contributed by atoms with Gasteiger partial charge < -0.3 is 10.2 Å². The van der Waals surface area contributed by atoms with Gasteiger partial charge in [-0.3, -0.25) is 4.79 Å². The largest absolute Gasteiger partial charge is 0.339 e. The van der Waals surface area contributed by atoms with Gasteiger partial charge in [-0.2, -0.15) is 0 Å². The molecule has 1 N–H and O–H groups in total. The Labute approximate surface area is 156 Å². The molecule has 0 radical (unpaired) electrons. The second kappa shape index (κ2) is 9.39. The molecule has 3 heteroatoms. The van der Waals surface area contributed by atoms with Crippen molar-refractivity contribution in [2.45, 2.75) is 134 Å². The Kier molecular flexibility index (Phi) is 7.79. The number of hydrogen-bond donors (Lipinski definition) is 1. The maximum absolute atomic E-state index is 12.1. The van der Waals surface area contributed by atoms with Crippen molar-refractivity contribution in [1.29, 1.82) is 0 Å². The van der Waals surface area contributed by atoms with Crippen molar-refractivity contribution in [3.63, 3.8) is 0 Å². The lowest BCUT2D eigenvalue weighted by Crippen LogP contribution is -2.63. The molecule has 0 aromatic carbocycles. The average Bonchev–Trinajstić information content (AvgIpc) is 2.47. The fourth-order valence-corrected chi connectivity index (χ4v) is 5.39. The summed E-state index contributed by atoms with van der Waals surface area (Å²) in [5, 5.41) is 3.76. The van der Waals surface area contributed by atoms with E-state index in [1.54, 1.807) is 0 Å². The van der Waals surface area contributed by atoms with Gasteiger partial charge in [-0.1, -0.05) is 57.8 Å². The summed E-state index contributed by atoms with van der Waals surface area (Å²) in [6.45, 7) is 9.13. The van der Waals surface area contributed by atoms with E-state index >= 15 is 0 Å². The van der Waals surface area contributed by atoms with Crippen molar-refractivity contribution >= 4 is 6.41 Å². The minimum Gasteiger partial charge on any atom is -0.339 e. The Morgan fingerprint density at radius 3 is 1.52 bits per heavy atom. The van der Waals surface area contributed by atoms with Crippen LogP contribution in [0.2, 0.25) is 0 Å². The van der Waals surface area contributed by atoms with Gasteiger partial charge in [0.15, 0.2) is 0 Å². The van der Waals surface area contributed by atoms with Crippen LogP contribution in [-0.2, 0) is 4.79 Å². The van der Waals surface area contributed by atoms with Crippen LogP contribution in [0.1, 0.15) is 111 Å². The van der Waals surface area contributed by atoms with Crippen LogP contribution in [0.5, 0.6) is 0 Å². The Morgan fingerprint density at radius 2 is 1.12 bits per heavy atom. The van der Waals surface area contributed by atoms with E-state index in [0.717, 1.165) is 12.8 Å². The molecule has 1 heterocycles. The number of nitrogens with one attached hydrogen (secondary N) is 1. The molecule has 0 atom stereocenters. The molecular weight excluding hydrogens is 308 g/mol. The third-order valence-corrected chi connectivity index (χ3v) is 6.21. The smallest absolute Gasteiger partial charge is 0.210 e. The van der Waals surface area contributed by atoms with Gasteiger partial charge in [0.1, 0.15) is 0 Å². The average molecular weight is 351 g/mol. The van der Waals surface area contributed by atoms with Crippen LogP contribution in [0.25, 0.3) is 0 Å². The van der Waals surface area contributed by atoms with Crippen molar-refractivity contribution < 1.29 is 4.79 Å². The van der Waals surface area contributed by atoms with Crippen molar-refractivity contribution in [3.8, 4) is 0 Å². The maximum Gasteiger partial charge on any atom is 0.210 e. The molecule has 1 amide bonds. The highest BCUT2D eigenvalue weighted by molar-refractivity contribution is 5.48. The van der Waals surface area contributed by atoms with Gasteiger partial charge in [0, 0.05) is 23.2 Å². The predicted octanol–water partition coefficient (Wildman–Crippen LogP) is 5.43. The lowest BCUT2D eigenvalue weighted by atomic mass is 9.78. The fourth-order valence-electron chi connectivity index (χ4n) is 5.39. The van der Waals surface area contributed by atoms with Gasteiger partial charge in [-0.25, -0.2) is 0 Å². The maximum atomic E-state index is 12.1. The van der Waals surface area contributed by atoms with Gasteiger partial charge in [-0.05, 0) is 53.4 Å². The molecule has 1 saturated heterocycles.